The Morgan fingerprint density at radius 3 is 2.33 bits per heavy atom. The highest BCUT2D eigenvalue weighted by atomic mass is 35.5. The van der Waals surface area contributed by atoms with Crippen molar-refractivity contribution in [2.45, 2.75) is 32.7 Å². The molecule has 5 heteroatoms. The van der Waals surface area contributed by atoms with Crippen molar-refractivity contribution < 1.29 is 0 Å². The summed E-state index contributed by atoms with van der Waals surface area (Å²) >= 11 is 13.4. The Hall–Kier alpha value is 0.200. The van der Waals surface area contributed by atoms with Crippen LogP contribution in [0.3, 0.4) is 0 Å². The van der Waals surface area contributed by atoms with E-state index in [4.69, 9.17) is 29.0 Å². The third kappa shape index (κ3) is 3.08. The topological polar surface area (TPSA) is 38.0 Å². The van der Waals surface area contributed by atoms with E-state index in [1.54, 1.807) is 0 Å². The summed E-state index contributed by atoms with van der Waals surface area (Å²) in [6, 6.07) is 1.99. The summed E-state index contributed by atoms with van der Waals surface area (Å²) in [6.45, 7) is 4.31. The minimum Gasteiger partial charge on any atom is -0.271 e. The van der Waals surface area contributed by atoms with Gasteiger partial charge < -0.3 is 0 Å². The fourth-order valence-corrected chi connectivity index (χ4v) is 3.35. The normalized spacial score (nSPS) is 13.5. The average molecular weight is 267 g/mol. The molecule has 1 unspecified atom stereocenters. The van der Waals surface area contributed by atoms with Gasteiger partial charge in [0.2, 0.25) is 0 Å². The number of rotatable bonds is 5. The van der Waals surface area contributed by atoms with Gasteiger partial charge in [-0.05, 0) is 12.0 Å². The number of hydrogen-bond acceptors (Lipinski definition) is 3. The fourth-order valence-electron chi connectivity index (χ4n) is 1.80. The van der Waals surface area contributed by atoms with Crippen molar-refractivity contribution in [2.75, 3.05) is 0 Å². The molecule has 2 nitrogen and oxygen atoms in total. The van der Waals surface area contributed by atoms with E-state index in [1.165, 1.54) is 11.3 Å². The van der Waals surface area contributed by atoms with Gasteiger partial charge in [0, 0.05) is 5.56 Å². The predicted molar refractivity (Wildman–Crippen MR) is 68.5 cm³/mol. The van der Waals surface area contributed by atoms with E-state index in [9.17, 15) is 0 Å². The molecule has 0 saturated carbocycles. The third-order valence-electron chi connectivity index (χ3n) is 2.72. The first-order chi connectivity index (χ1) is 7.13. The van der Waals surface area contributed by atoms with Crippen LogP contribution in [-0.2, 0) is 0 Å². The van der Waals surface area contributed by atoms with E-state index < -0.39 is 0 Å². The van der Waals surface area contributed by atoms with Crippen molar-refractivity contribution in [3.05, 3.63) is 20.3 Å². The van der Waals surface area contributed by atoms with Crippen LogP contribution in [0.2, 0.25) is 8.67 Å². The van der Waals surface area contributed by atoms with Gasteiger partial charge in [-0.1, -0.05) is 49.9 Å². The van der Waals surface area contributed by atoms with Gasteiger partial charge in [-0.2, -0.15) is 0 Å². The molecule has 0 aliphatic heterocycles. The zero-order valence-corrected chi connectivity index (χ0v) is 11.2. The molecule has 15 heavy (non-hydrogen) atoms. The van der Waals surface area contributed by atoms with Crippen LogP contribution in [0, 0.1) is 5.92 Å². The Balaban J connectivity index is 2.95. The van der Waals surface area contributed by atoms with Crippen molar-refractivity contribution in [3.8, 4) is 0 Å². The predicted octanol–water partition coefficient (Wildman–Crippen LogP) is 4.00. The molecule has 0 spiro atoms. The third-order valence-corrected chi connectivity index (χ3v) is 4.24. The van der Waals surface area contributed by atoms with Crippen LogP contribution in [-0.4, -0.2) is 0 Å². The zero-order valence-electron chi connectivity index (χ0n) is 8.89. The average Bonchev–Trinajstić information content (AvgIpc) is 2.54. The minimum absolute atomic E-state index is 0.0937. The summed E-state index contributed by atoms with van der Waals surface area (Å²) in [5.74, 6) is 6.07. The monoisotopic (exact) mass is 266 g/mol. The number of halogens is 2. The quantitative estimate of drug-likeness (QED) is 0.625. The van der Waals surface area contributed by atoms with E-state index in [-0.39, 0.29) is 6.04 Å². The Kier molecular flexibility index (Phi) is 5.36. The fraction of sp³-hybridized carbons (Fsp3) is 0.600. The van der Waals surface area contributed by atoms with Crippen LogP contribution in [0.4, 0.5) is 0 Å². The van der Waals surface area contributed by atoms with Gasteiger partial charge in [0.25, 0.3) is 0 Å². The van der Waals surface area contributed by atoms with Gasteiger partial charge in [-0.3, -0.25) is 11.3 Å². The number of hydrogen-bond donors (Lipinski definition) is 2. The summed E-state index contributed by atoms with van der Waals surface area (Å²) in [6.07, 6.45) is 2.13. The Morgan fingerprint density at radius 2 is 2.00 bits per heavy atom. The van der Waals surface area contributed by atoms with Crippen molar-refractivity contribution in [1.29, 1.82) is 0 Å². The lowest BCUT2D eigenvalue weighted by molar-refractivity contribution is 0.346. The van der Waals surface area contributed by atoms with Gasteiger partial charge >= 0.3 is 0 Å². The number of nitrogens with one attached hydrogen (secondary N) is 1. The first-order valence-electron chi connectivity index (χ1n) is 5.04. The SMILES string of the molecule is CCC(CC)C(NN)c1cc(Cl)sc1Cl. The molecule has 1 rings (SSSR count). The highest BCUT2D eigenvalue weighted by molar-refractivity contribution is 7.20. The lowest BCUT2D eigenvalue weighted by atomic mass is 9.91. The number of nitrogens with two attached hydrogens (primary N) is 1. The van der Waals surface area contributed by atoms with Gasteiger partial charge in [0.1, 0.15) is 0 Å². The van der Waals surface area contributed by atoms with E-state index in [0.717, 1.165) is 22.7 Å². The molecule has 1 atom stereocenters. The van der Waals surface area contributed by atoms with Crippen LogP contribution in [0.5, 0.6) is 0 Å². The molecule has 0 aliphatic carbocycles. The largest absolute Gasteiger partial charge is 0.271 e. The van der Waals surface area contributed by atoms with Crippen molar-refractivity contribution in [3.63, 3.8) is 0 Å². The maximum absolute atomic E-state index is 6.12. The first-order valence-corrected chi connectivity index (χ1v) is 6.62. The Morgan fingerprint density at radius 1 is 1.40 bits per heavy atom. The molecule has 86 valence electrons. The second-order valence-electron chi connectivity index (χ2n) is 3.50. The van der Waals surface area contributed by atoms with Crippen LogP contribution in [0.25, 0.3) is 0 Å². The summed E-state index contributed by atoms with van der Waals surface area (Å²) in [5, 5.41) is 0. The van der Waals surface area contributed by atoms with Gasteiger partial charge in [0.15, 0.2) is 0 Å². The van der Waals surface area contributed by atoms with Crippen LogP contribution < -0.4 is 11.3 Å². The number of hydrazine groups is 1. The maximum atomic E-state index is 6.12. The molecule has 0 bridgehead atoms. The molecule has 0 aromatic carbocycles. The van der Waals surface area contributed by atoms with Crippen molar-refractivity contribution in [2.24, 2.45) is 11.8 Å². The maximum Gasteiger partial charge on any atom is 0.0992 e. The van der Waals surface area contributed by atoms with Gasteiger partial charge in [-0.25, -0.2) is 0 Å². The summed E-state index contributed by atoms with van der Waals surface area (Å²) in [7, 11) is 0. The smallest absolute Gasteiger partial charge is 0.0992 e. The molecular formula is C10H16Cl2N2S. The minimum atomic E-state index is 0.0937. The molecule has 0 fully saturated rings. The second kappa shape index (κ2) is 6.06. The first kappa shape index (κ1) is 13.3. The van der Waals surface area contributed by atoms with E-state index >= 15 is 0 Å². The molecule has 0 amide bonds. The molecular weight excluding hydrogens is 251 g/mol. The van der Waals surface area contributed by atoms with Gasteiger partial charge in [-0.15, -0.1) is 11.3 Å². The summed E-state index contributed by atoms with van der Waals surface area (Å²) < 4.78 is 1.44. The summed E-state index contributed by atoms with van der Waals surface area (Å²) in [5.41, 5.74) is 3.85. The van der Waals surface area contributed by atoms with E-state index in [1.807, 2.05) is 6.07 Å². The van der Waals surface area contributed by atoms with Crippen molar-refractivity contribution >= 4 is 34.5 Å². The Bertz CT molecular complexity index is 310. The molecule has 1 aromatic rings. The van der Waals surface area contributed by atoms with E-state index in [0.29, 0.717) is 10.3 Å². The van der Waals surface area contributed by atoms with Crippen molar-refractivity contribution in [1.82, 2.24) is 5.43 Å². The lowest BCUT2D eigenvalue weighted by Crippen LogP contribution is -2.33. The highest BCUT2D eigenvalue weighted by Gasteiger charge is 2.23. The van der Waals surface area contributed by atoms with Crippen LogP contribution in [0.1, 0.15) is 38.3 Å². The van der Waals surface area contributed by atoms with Crippen LogP contribution in [0.15, 0.2) is 6.07 Å². The second-order valence-corrected chi connectivity index (χ2v) is 5.79. The molecule has 1 aromatic heterocycles. The summed E-state index contributed by atoms with van der Waals surface area (Å²) in [4.78, 5) is 0. The lowest BCUT2D eigenvalue weighted by Gasteiger charge is -2.24. The molecule has 0 radical (unpaired) electrons. The zero-order chi connectivity index (χ0) is 11.4. The number of thiophene rings is 1. The van der Waals surface area contributed by atoms with Gasteiger partial charge in [0.05, 0.1) is 14.7 Å². The standard InChI is InChI=1S/C10H16Cl2N2S/c1-3-6(4-2)9(14-13)7-5-8(11)15-10(7)12/h5-6,9,14H,3-4,13H2,1-2H3. The molecule has 1 heterocycles. The van der Waals surface area contributed by atoms with E-state index in [2.05, 4.69) is 19.3 Å². The van der Waals surface area contributed by atoms with Crippen LogP contribution >= 0.6 is 34.5 Å². The molecule has 0 saturated heterocycles. The molecule has 0 aliphatic rings. The molecule has 3 N–H and O–H groups in total. The Labute approximate surface area is 105 Å². The highest BCUT2D eigenvalue weighted by Crippen LogP contribution is 2.38.